The molecule has 0 aliphatic rings. The van der Waals surface area contributed by atoms with Crippen LogP contribution in [-0.2, 0) is 30.1 Å². The van der Waals surface area contributed by atoms with Gasteiger partial charge in [0.1, 0.15) is 5.94 Å². The van der Waals surface area contributed by atoms with Crippen molar-refractivity contribution < 1.29 is 38.9 Å². The van der Waals surface area contributed by atoms with E-state index in [1.807, 2.05) is 0 Å². The van der Waals surface area contributed by atoms with Crippen LogP contribution in [0.15, 0.2) is 49.0 Å². The van der Waals surface area contributed by atoms with Crippen LogP contribution in [0.5, 0.6) is 0 Å². The van der Waals surface area contributed by atoms with Gasteiger partial charge in [-0.1, -0.05) is 41.5 Å². The molecule has 0 saturated heterocycles. The molecule has 0 atom stereocenters. The predicted molar refractivity (Wildman–Crippen MR) is 85.5 cm³/mol. The third kappa shape index (κ3) is 12.3. The van der Waals surface area contributed by atoms with Crippen LogP contribution in [0.3, 0.4) is 0 Å². The molecular formula is C18H20CdF2O. The predicted octanol–water partition coefficient (Wildman–Crippen LogP) is 4.55. The Morgan fingerprint density at radius 3 is 1.55 bits per heavy atom. The van der Waals surface area contributed by atoms with Crippen molar-refractivity contribution in [2.24, 2.45) is 0 Å². The number of carbonyl (C=O) groups excluding carboxylic acids is 1. The van der Waals surface area contributed by atoms with E-state index < -0.39 is 11.6 Å². The summed E-state index contributed by atoms with van der Waals surface area (Å²) in [5, 5.41) is 0. The van der Waals surface area contributed by atoms with Crippen LogP contribution in [0.2, 0.25) is 0 Å². The van der Waals surface area contributed by atoms with Gasteiger partial charge in [-0.3, -0.25) is 0 Å². The molecule has 2 rings (SSSR count). The molecule has 0 unspecified atom stereocenters. The summed E-state index contributed by atoms with van der Waals surface area (Å²) in [6.07, 6.45) is 0. The number of hydrogen-bond donors (Lipinski definition) is 0. The maximum absolute atomic E-state index is 12.2. The van der Waals surface area contributed by atoms with Crippen molar-refractivity contribution in [1.82, 2.24) is 0 Å². The van der Waals surface area contributed by atoms with Crippen molar-refractivity contribution in [3.8, 4) is 0 Å². The molecule has 0 N–H and O–H groups in total. The van der Waals surface area contributed by atoms with Gasteiger partial charge >= 0.3 is 29.3 Å². The van der Waals surface area contributed by atoms with Gasteiger partial charge in [0.2, 0.25) is 0 Å². The molecule has 0 fully saturated rings. The van der Waals surface area contributed by atoms with Crippen LogP contribution < -0.4 is 0 Å². The number of benzene rings is 2. The summed E-state index contributed by atoms with van der Waals surface area (Å²) in [6, 6.07) is 12.3. The van der Waals surface area contributed by atoms with E-state index in [1.165, 1.54) is 23.1 Å². The molecule has 0 radical (unpaired) electrons. The zero-order valence-corrected chi connectivity index (χ0v) is 17.4. The van der Waals surface area contributed by atoms with Crippen LogP contribution in [-0.4, -0.2) is 10.0 Å². The summed E-state index contributed by atoms with van der Waals surface area (Å²) in [5.74, 6) is -0.324. The van der Waals surface area contributed by atoms with Crippen LogP contribution in [0.25, 0.3) is 0 Å². The zero-order chi connectivity index (χ0) is 17.5. The van der Waals surface area contributed by atoms with Gasteiger partial charge in [0.05, 0.1) is 0 Å². The van der Waals surface area contributed by atoms with Gasteiger partial charge in [-0.25, -0.2) is 13.6 Å². The van der Waals surface area contributed by atoms with Crippen molar-refractivity contribution in [1.29, 1.82) is 0 Å². The first-order valence-corrected chi connectivity index (χ1v) is 9.35. The summed E-state index contributed by atoms with van der Waals surface area (Å²) < 4.78 is 27.7. The fourth-order valence-electron chi connectivity index (χ4n) is 1.41. The van der Waals surface area contributed by atoms with E-state index in [0.717, 1.165) is 43.0 Å². The molecule has 0 saturated carbocycles. The van der Waals surface area contributed by atoms with Crippen molar-refractivity contribution >= 4 is 10.0 Å². The number of aryl methyl sites for hydroxylation is 3. The Labute approximate surface area is 146 Å². The summed E-state index contributed by atoms with van der Waals surface area (Å²) in [7, 11) is 0. The van der Waals surface area contributed by atoms with E-state index >= 15 is 0 Å². The van der Waals surface area contributed by atoms with E-state index in [2.05, 4.69) is 48.8 Å². The molecule has 1 nitrogen and oxygen atoms in total. The van der Waals surface area contributed by atoms with E-state index in [-0.39, 0.29) is 0 Å². The second-order valence-electron chi connectivity index (χ2n) is 4.22. The Morgan fingerprint density at radius 1 is 0.864 bits per heavy atom. The van der Waals surface area contributed by atoms with Crippen LogP contribution in [0.4, 0.5) is 8.78 Å². The van der Waals surface area contributed by atoms with E-state index in [9.17, 15) is 8.78 Å². The Morgan fingerprint density at radius 2 is 1.27 bits per heavy atom. The molecule has 4 heteroatoms. The van der Waals surface area contributed by atoms with Crippen LogP contribution >= 0.6 is 0 Å². The first kappa shape index (κ1) is 22.8. The Kier molecular flexibility index (Phi) is 15.0. The standard InChI is InChI=1S/C8H10.C7H6F2.C2H2O.CH2.Cd/c1-7-4-3-5-8(2)6-7;1-5-2-3-6(8)7(9)4-5;1-2-3;;/h3-6H,1-2H3;2-4H,1H3;1H2;1H2;. The molecule has 0 aliphatic heterocycles. The Bertz CT molecular complexity index is 574. The zero-order valence-electron chi connectivity index (χ0n) is 13.3. The van der Waals surface area contributed by atoms with Gasteiger partial charge < -0.3 is 0 Å². The fraction of sp³-hybridized carbons (Fsp3) is 0.167. The molecule has 0 aromatic heterocycles. The van der Waals surface area contributed by atoms with Gasteiger partial charge in [0.15, 0.2) is 11.6 Å². The molecule has 0 aliphatic carbocycles. The van der Waals surface area contributed by atoms with Gasteiger partial charge in [0.25, 0.3) is 0 Å². The third-order valence-corrected chi connectivity index (χ3v) is 2.25. The summed E-state index contributed by atoms with van der Waals surface area (Å²) in [6.45, 7) is 8.60. The van der Waals surface area contributed by atoms with Crippen molar-refractivity contribution in [2.45, 2.75) is 20.8 Å². The van der Waals surface area contributed by atoms with Gasteiger partial charge in [-0.15, -0.1) is 0 Å². The molecule has 2 aromatic rings. The average Bonchev–Trinajstić information content (AvgIpc) is 2.47. The second kappa shape index (κ2) is 14.5. The van der Waals surface area contributed by atoms with Gasteiger partial charge in [-0.2, -0.15) is 0 Å². The summed E-state index contributed by atoms with van der Waals surface area (Å²) in [5.41, 5.74) is 3.41. The molecule has 0 spiro atoms. The topological polar surface area (TPSA) is 17.1 Å². The summed E-state index contributed by atoms with van der Waals surface area (Å²) >= 11 is 0.900. The number of hydrogen-bond acceptors (Lipinski definition) is 1. The van der Waals surface area contributed by atoms with Crippen LogP contribution in [0.1, 0.15) is 16.7 Å². The number of rotatable bonds is 0. The van der Waals surface area contributed by atoms with Crippen molar-refractivity contribution in [3.63, 3.8) is 0 Å². The van der Waals surface area contributed by atoms with Gasteiger partial charge in [-0.05, 0) is 45.0 Å². The SMILES string of the molecule is C=C=O.Cc1ccc(F)c(F)c1.Cc1cccc(C)c1.[CH2]=[Cd]. The van der Waals surface area contributed by atoms with E-state index in [1.54, 1.807) is 6.92 Å². The third-order valence-electron chi connectivity index (χ3n) is 2.25. The van der Waals surface area contributed by atoms with Crippen molar-refractivity contribution in [2.75, 3.05) is 0 Å². The second-order valence-corrected chi connectivity index (χ2v) is 4.22. The minimum atomic E-state index is -0.791. The monoisotopic (exact) mass is 404 g/mol. The van der Waals surface area contributed by atoms with Crippen molar-refractivity contribution in [3.05, 3.63) is 77.4 Å². The molecule has 0 bridgehead atoms. The Hall–Kier alpha value is -1.46. The van der Waals surface area contributed by atoms with Gasteiger partial charge in [0, 0.05) is 0 Å². The first-order chi connectivity index (χ1) is 10.4. The molecule has 0 heterocycles. The summed E-state index contributed by atoms with van der Waals surface area (Å²) in [4.78, 5) is 8.57. The average molecular weight is 403 g/mol. The van der Waals surface area contributed by atoms with E-state index in [4.69, 9.17) is 4.79 Å². The molecule has 0 amide bonds. The number of halogens is 2. The normalized spacial score (nSPS) is 7.95. The van der Waals surface area contributed by atoms with Crippen LogP contribution in [0, 0.1) is 32.4 Å². The minimum absolute atomic E-state index is 0.730. The molecule has 114 valence electrons. The quantitative estimate of drug-likeness (QED) is 0.467. The Balaban J connectivity index is 0. The fourth-order valence-corrected chi connectivity index (χ4v) is 1.41. The molecule has 2 aromatic carbocycles. The molecular weight excluding hydrogens is 383 g/mol. The maximum atomic E-state index is 12.2. The van der Waals surface area contributed by atoms with E-state index in [0.29, 0.717) is 0 Å². The molecule has 22 heavy (non-hydrogen) atoms. The first-order valence-electron chi connectivity index (χ1n) is 6.50.